The molecule has 0 spiro atoms. The fourth-order valence-electron chi connectivity index (χ4n) is 0.252. The predicted molar refractivity (Wildman–Crippen MR) is 24.9 cm³/mol. The van der Waals surface area contributed by atoms with Gasteiger partial charge >= 0.3 is 55.4 Å². The van der Waals surface area contributed by atoms with Crippen LogP contribution in [0.2, 0.25) is 0 Å². The normalized spacial score (nSPS) is 18.5. The fraction of sp³-hybridized carbons (Fsp3) is 1.00. The third-order valence-electron chi connectivity index (χ3n) is 0.337. The van der Waals surface area contributed by atoms with Crippen LogP contribution in [0.1, 0.15) is 13.8 Å². The Bertz CT molecular complexity index is 110. The second kappa shape index (κ2) is 2.98. The predicted octanol–water partition coefficient (Wildman–Crippen LogP) is 2.04. The molecule has 0 aliphatic carbocycles. The summed E-state index contributed by atoms with van der Waals surface area (Å²) in [6.07, 6.45) is -4.17. The molecule has 0 bridgehead atoms. The quantitative estimate of drug-likeness (QED) is 0.603. The van der Waals surface area contributed by atoms with E-state index in [0.29, 0.717) is 0 Å². The summed E-state index contributed by atoms with van der Waals surface area (Å²) >= 11 is 1.81. The number of halogens is 1. The van der Waals surface area contributed by atoms with E-state index in [0.717, 1.165) is 0 Å². The van der Waals surface area contributed by atoms with Crippen LogP contribution in [-0.4, -0.2) is 6.10 Å². The molecule has 0 aromatic carbocycles. The minimum absolute atomic E-state index is 0.327. The van der Waals surface area contributed by atoms with Crippen molar-refractivity contribution in [2.75, 3.05) is 0 Å². The first kappa shape index (κ1) is 8.65. The van der Waals surface area contributed by atoms with E-state index >= 15 is 0 Å². The molecule has 0 aliphatic rings. The Morgan fingerprint density at radius 1 is 1.75 bits per heavy atom. The standard InChI is InChI=1S/C3H7FO2P.Cr/c1-3(2)6-7(4)5;/h3H,1-2H3;/q+1;-1. The van der Waals surface area contributed by atoms with Crippen molar-refractivity contribution >= 4 is 6.33 Å². The van der Waals surface area contributed by atoms with Crippen molar-refractivity contribution in [3.05, 3.63) is 0 Å². The zero-order chi connectivity index (χ0) is 6.78. The van der Waals surface area contributed by atoms with Crippen molar-refractivity contribution in [3.63, 3.8) is 0 Å². The van der Waals surface area contributed by atoms with Gasteiger partial charge in [0.25, 0.3) is 0 Å². The van der Waals surface area contributed by atoms with E-state index in [1.807, 2.05) is 15.8 Å². The molecule has 0 aliphatic heterocycles. The van der Waals surface area contributed by atoms with Gasteiger partial charge < -0.3 is 0 Å². The van der Waals surface area contributed by atoms with E-state index in [1.165, 1.54) is 0 Å². The number of rotatable bonds is 2. The summed E-state index contributed by atoms with van der Waals surface area (Å²) in [4.78, 5) is 0. The second-order valence-corrected chi connectivity index (χ2v) is 4.70. The van der Waals surface area contributed by atoms with E-state index in [1.54, 1.807) is 13.8 Å². The molecule has 0 N–H and O–H groups in total. The molecule has 0 radical (unpaired) electrons. The van der Waals surface area contributed by atoms with Crippen molar-refractivity contribution < 1.29 is 29.1 Å². The fourth-order valence-corrected chi connectivity index (χ4v) is 1.56. The molecule has 0 aromatic heterocycles. The van der Waals surface area contributed by atoms with Gasteiger partial charge in [0.2, 0.25) is 0 Å². The summed E-state index contributed by atoms with van der Waals surface area (Å²) in [6, 6.07) is 0. The average molecular weight is 177 g/mol. The zero-order valence-corrected chi connectivity index (χ0v) is 6.80. The van der Waals surface area contributed by atoms with E-state index in [2.05, 4.69) is 4.52 Å². The summed E-state index contributed by atoms with van der Waals surface area (Å²) in [7, 11) is 0. The molecule has 0 saturated carbocycles. The van der Waals surface area contributed by atoms with Crippen LogP contribution >= 0.6 is 6.33 Å². The van der Waals surface area contributed by atoms with Crippen LogP contribution in [-0.2, 0) is 24.9 Å². The van der Waals surface area contributed by atoms with Gasteiger partial charge in [-0.05, 0) is 0 Å². The van der Waals surface area contributed by atoms with Gasteiger partial charge in [0.1, 0.15) is 0 Å². The summed E-state index contributed by atoms with van der Waals surface area (Å²) in [5.74, 6) is 0. The topological polar surface area (TPSA) is 26.3 Å². The number of hydrogen-bond donors (Lipinski definition) is 0. The second-order valence-electron chi connectivity index (χ2n) is 1.58. The molecule has 2 nitrogen and oxygen atoms in total. The van der Waals surface area contributed by atoms with Crippen LogP contribution in [0.4, 0.5) is 4.20 Å². The van der Waals surface area contributed by atoms with Crippen molar-refractivity contribution in [2.24, 2.45) is 0 Å². The van der Waals surface area contributed by atoms with E-state index in [-0.39, 0.29) is 6.10 Å². The molecular formula is C3H7CrFO2P. The van der Waals surface area contributed by atoms with Crippen molar-refractivity contribution in [1.29, 1.82) is 0 Å². The first-order valence-corrected chi connectivity index (χ1v) is 5.25. The van der Waals surface area contributed by atoms with E-state index < -0.39 is 6.33 Å². The third-order valence-corrected chi connectivity index (χ3v) is 1.41. The Kier molecular flexibility index (Phi) is 3.23. The van der Waals surface area contributed by atoms with Gasteiger partial charge in [-0.3, -0.25) is 0 Å². The Balaban J connectivity index is 3.56. The van der Waals surface area contributed by atoms with Gasteiger partial charge in [0.15, 0.2) is 0 Å². The molecule has 0 fully saturated rings. The SMILES string of the molecule is CC(C)O[P](=O)(F)[Cr]. The summed E-state index contributed by atoms with van der Waals surface area (Å²) in [6.45, 7) is 3.23. The van der Waals surface area contributed by atoms with Gasteiger partial charge in [-0.25, -0.2) is 0 Å². The Labute approximate surface area is 56.0 Å². The van der Waals surface area contributed by atoms with Crippen LogP contribution in [0.3, 0.4) is 0 Å². The monoisotopic (exact) mass is 177 g/mol. The van der Waals surface area contributed by atoms with Gasteiger partial charge in [-0.15, -0.1) is 0 Å². The van der Waals surface area contributed by atoms with Crippen molar-refractivity contribution in [2.45, 2.75) is 20.0 Å². The summed E-state index contributed by atoms with van der Waals surface area (Å²) < 4.78 is 26.3. The molecule has 1 unspecified atom stereocenters. The van der Waals surface area contributed by atoms with Gasteiger partial charge in [-0.2, -0.15) is 0 Å². The zero-order valence-electron chi connectivity index (χ0n) is 4.63. The molecule has 0 amide bonds. The molecule has 0 heterocycles. The van der Waals surface area contributed by atoms with Crippen molar-refractivity contribution in [1.82, 2.24) is 0 Å². The Morgan fingerprint density at radius 2 is 2.12 bits per heavy atom. The third kappa shape index (κ3) is 6.65. The molecule has 0 saturated heterocycles. The van der Waals surface area contributed by atoms with Gasteiger partial charge in [0, 0.05) is 0 Å². The van der Waals surface area contributed by atoms with Crippen LogP contribution < -0.4 is 0 Å². The van der Waals surface area contributed by atoms with Crippen LogP contribution in [0.25, 0.3) is 0 Å². The molecule has 0 aromatic rings. The molecular weight excluding hydrogens is 170 g/mol. The van der Waals surface area contributed by atoms with E-state index in [4.69, 9.17) is 0 Å². The Hall–Kier alpha value is 0.652. The average Bonchev–Trinajstić information content (AvgIpc) is 1.21. The Morgan fingerprint density at radius 3 is 2.12 bits per heavy atom. The molecule has 0 rings (SSSR count). The maximum absolute atomic E-state index is 11.9. The molecule has 49 valence electrons. The first-order valence-electron chi connectivity index (χ1n) is 2.11. The van der Waals surface area contributed by atoms with E-state index in [9.17, 15) is 8.76 Å². The maximum atomic E-state index is 11.9. The van der Waals surface area contributed by atoms with Crippen LogP contribution in [0, 0.1) is 0 Å². The van der Waals surface area contributed by atoms with Crippen LogP contribution in [0.5, 0.6) is 0 Å². The summed E-state index contributed by atoms with van der Waals surface area (Å²) in [5.41, 5.74) is 0. The molecule has 8 heavy (non-hydrogen) atoms. The molecule has 5 heteroatoms. The first-order chi connectivity index (χ1) is 3.42. The van der Waals surface area contributed by atoms with Gasteiger partial charge in [-0.1, -0.05) is 0 Å². The molecule has 1 atom stereocenters. The van der Waals surface area contributed by atoms with Crippen LogP contribution in [0.15, 0.2) is 0 Å². The van der Waals surface area contributed by atoms with Crippen molar-refractivity contribution in [3.8, 4) is 0 Å². The van der Waals surface area contributed by atoms with Gasteiger partial charge in [0.05, 0.1) is 0 Å². The minimum atomic E-state index is -3.85. The number of hydrogen-bond acceptors (Lipinski definition) is 2. The summed E-state index contributed by atoms with van der Waals surface area (Å²) in [5, 5.41) is 0.